The summed E-state index contributed by atoms with van der Waals surface area (Å²) in [5, 5.41) is 1.36. The van der Waals surface area contributed by atoms with Crippen molar-refractivity contribution in [2.75, 3.05) is 46.2 Å². The molecule has 0 bridgehead atoms. The number of anilines is 1. The van der Waals surface area contributed by atoms with E-state index in [1.54, 1.807) is 30.1 Å². The van der Waals surface area contributed by atoms with Gasteiger partial charge in [-0.15, -0.1) is 0 Å². The predicted octanol–water partition coefficient (Wildman–Crippen LogP) is 0.628. The summed E-state index contributed by atoms with van der Waals surface area (Å²) in [5.41, 5.74) is 12.2. The van der Waals surface area contributed by atoms with Crippen LogP contribution in [-0.4, -0.2) is 78.5 Å². The SMILES string of the molecule is COC(=O)CCN(C)[C@@H](CCCN=C(N)NS(=O)(=O)c1cccc2c(N(C)C)cccc12)C(N)=O. The van der Waals surface area contributed by atoms with Crippen molar-refractivity contribution in [3.05, 3.63) is 36.4 Å². The molecule has 35 heavy (non-hydrogen) atoms. The first kappa shape index (κ1) is 27.9. The zero-order chi connectivity index (χ0) is 26.2. The molecule has 2 aromatic carbocycles. The molecule has 1 amide bonds. The van der Waals surface area contributed by atoms with Crippen molar-refractivity contribution < 1.29 is 22.7 Å². The van der Waals surface area contributed by atoms with E-state index >= 15 is 0 Å². The molecule has 11 nitrogen and oxygen atoms in total. The van der Waals surface area contributed by atoms with Crippen LogP contribution in [0.25, 0.3) is 10.8 Å². The summed E-state index contributed by atoms with van der Waals surface area (Å²) in [5.74, 6) is -1.16. The minimum absolute atomic E-state index is 0.0953. The molecule has 0 fully saturated rings. The number of sulfonamides is 1. The molecule has 12 heteroatoms. The lowest BCUT2D eigenvalue weighted by molar-refractivity contribution is -0.141. The molecular formula is C23H34N6O5S. The smallest absolute Gasteiger partial charge is 0.306 e. The second-order valence-corrected chi connectivity index (χ2v) is 9.91. The highest BCUT2D eigenvalue weighted by Crippen LogP contribution is 2.30. The maximum Gasteiger partial charge on any atom is 0.306 e. The Morgan fingerprint density at radius 1 is 1.09 bits per heavy atom. The first-order valence-electron chi connectivity index (χ1n) is 11.1. The number of primary amides is 1. The number of carbonyl (C=O) groups is 2. The summed E-state index contributed by atoms with van der Waals surface area (Å²) >= 11 is 0. The van der Waals surface area contributed by atoms with E-state index in [1.165, 1.54) is 13.2 Å². The number of guanidine groups is 1. The van der Waals surface area contributed by atoms with Crippen molar-refractivity contribution in [3.63, 3.8) is 0 Å². The third-order valence-corrected chi connectivity index (χ3v) is 6.96. The second-order valence-electron chi connectivity index (χ2n) is 8.26. The van der Waals surface area contributed by atoms with Gasteiger partial charge in [-0.2, -0.15) is 0 Å². The number of hydrogen-bond donors (Lipinski definition) is 3. The van der Waals surface area contributed by atoms with Crippen LogP contribution >= 0.6 is 0 Å². The molecule has 0 aliphatic heterocycles. The fourth-order valence-corrected chi connectivity index (χ4v) is 4.88. The number of methoxy groups -OCH3 is 1. The summed E-state index contributed by atoms with van der Waals surface area (Å²) in [4.78, 5) is 30.9. The van der Waals surface area contributed by atoms with Crippen molar-refractivity contribution in [2.45, 2.75) is 30.2 Å². The van der Waals surface area contributed by atoms with Gasteiger partial charge < -0.3 is 21.1 Å². The zero-order valence-electron chi connectivity index (χ0n) is 20.5. The highest BCUT2D eigenvalue weighted by Gasteiger charge is 2.22. The fraction of sp³-hybridized carbons (Fsp3) is 0.435. The molecular weight excluding hydrogens is 472 g/mol. The summed E-state index contributed by atoms with van der Waals surface area (Å²) in [6, 6.07) is 9.90. The largest absolute Gasteiger partial charge is 0.469 e. The molecule has 0 saturated heterocycles. The number of benzene rings is 2. The van der Waals surface area contributed by atoms with E-state index in [2.05, 4.69) is 14.5 Å². The third kappa shape index (κ3) is 7.55. The summed E-state index contributed by atoms with van der Waals surface area (Å²) in [7, 11) is 2.79. The Bertz CT molecular complexity index is 1180. The van der Waals surface area contributed by atoms with Crippen LogP contribution in [-0.2, 0) is 24.3 Å². The van der Waals surface area contributed by atoms with E-state index in [0.717, 1.165) is 11.1 Å². The number of fused-ring (bicyclic) bond motifs is 1. The van der Waals surface area contributed by atoms with E-state index in [4.69, 9.17) is 11.5 Å². The number of ether oxygens (including phenoxy) is 1. The number of likely N-dealkylation sites (N-methyl/N-ethyl adjacent to an activating group) is 1. The lowest BCUT2D eigenvalue weighted by Crippen LogP contribution is -2.43. The number of carbonyl (C=O) groups excluding carboxylic acids is 2. The van der Waals surface area contributed by atoms with Crippen LogP contribution in [0.5, 0.6) is 0 Å². The molecule has 0 aromatic heterocycles. The molecule has 0 unspecified atom stereocenters. The number of hydrogen-bond acceptors (Lipinski definition) is 8. The summed E-state index contributed by atoms with van der Waals surface area (Å²) in [6.07, 6.45) is 0.931. The van der Waals surface area contributed by atoms with Crippen LogP contribution in [0.3, 0.4) is 0 Å². The van der Waals surface area contributed by atoms with Crippen molar-refractivity contribution in [2.24, 2.45) is 16.5 Å². The molecule has 1 atom stereocenters. The van der Waals surface area contributed by atoms with Crippen LogP contribution in [0.2, 0.25) is 0 Å². The average molecular weight is 507 g/mol. The number of amides is 1. The van der Waals surface area contributed by atoms with Gasteiger partial charge in [0.1, 0.15) is 0 Å². The number of esters is 1. The molecule has 0 radical (unpaired) electrons. The predicted molar refractivity (Wildman–Crippen MR) is 137 cm³/mol. The summed E-state index contributed by atoms with van der Waals surface area (Å²) < 4.78 is 33.0. The number of rotatable bonds is 12. The maximum atomic E-state index is 13.0. The summed E-state index contributed by atoms with van der Waals surface area (Å²) in [6.45, 7) is 0.495. The normalized spacial score (nSPS) is 13.0. The van der Waals surface area contributed by atoms with Crippen molar-refractivity contribution in [3.8, 4) is 0 Å². The van der Waals surface area contributed by atoms with Crippen molar-refractivity contribution in [1.82, 2.24) is 9.62 Å². The minimum atomic E-state index is -3.98. The van der Waals surface area contributed by atoms with E-state index in [9.17, 15) is 18.0 Å². The fourth-order valence-electron chi connectivity index (χ4n) is 3.70. The van der Waals surface area contributed by atoms with Crippen LogP contribution in [0.4, 0.5) is 5.69 Å². The Labute approximate surface area is 206 Å². The molecule has 0 aliphatic rings. The molecule has 0 spiro atoms. The highest BCUT2D eigenvalue weighted by atomic mass is 32.2. The topological polar surface area (TPSA) is 160 Å². The number of aliphatic imine (C=N–C) groups is 1. The Balaban J connectivity index is 2.05. The molecule has 5 N–H and O–H groups in total. The van der Waals surface area contributed by atoms with Gasteiger partial charge in [-0.3, -0.25) is 19.5 Å². The first-order chi connectivity index (χ1) is 16.5. The zero-order valence-corrected chi connectivity index (χ0v) is 21.3. The first-order valence-corrected chi connectivity index (χ1v) is 12.5. The molecule has 0 saturated carbocycles. The van der Waals surface area contributed by atoms with Crippen molar-refractivity contribution in [1.29, 1.82) is 0 Å². The van der Waals surface area contributed by atoms with E-state index in [0.29, 0.717) is 24.8 Å². The standard InChI is InChI=1S/C23H34N6O5S/c1-28(2)18-10-5-9-17-16(18)8-6-12-20(17)35(32,33)27-23(25)26-14-7-11-19(22(24)31)29(3)15-13-21(30)34-4/h5-6,8-10,12,19H,7,11,13-15H2,1-4H3,(H2,24,31)(H3,25,26,27)/t19-/m0/s1. The number of nitrogens with one attached hydrogen (secondary N) is 1. The number of nitrogens with zero attached hydrogens (tertiary/aromatic N) is 3. The van der Waals surface area contributed by atoms with Gasteiger partial charge in [0.05, 0.1) is 24.5 Å². The van der Waals surface area contributed by atoms with Gasteiger partial charge >= 0.3 is 5.97 Å². The molecule has 2 rings (SSSR count). The Kier molecular flexibility index (Phi) is 9.84. The van der Waals surface area contributed by atoms with Gasteiger partial charge in [0, 0.05) is 43.6 Å². The van der Waals surface area contributed by atoms with Gasteiger partial charge in [0.25, 0.3) is 10.0 Å². The lowest BCUT2D eigenvalue weighted by Gasteiger charge is -2.24. The Hall–Kier alpha value is -3.38. The molecule has 0 aliphatic carbocycles. The van der Waals surface area contributed by atoms with Crippen LogP contribution in [0, 0.1) is 0 Å². The minimum Gasteiger partial charge on any atom is -0.469 e. The Morgan fingerprint density at radius 2 is 1.74 bits per heavy atom. The van der Waals surface area contributed by atoms with Crippen LogP contribution in [0.15, 0.2) is 46.3 Å². The van der Waals surface area contributed by atoms with Crippen LogP contribution in [0.1, 0.15) is 19.3 Å². The highest BCUT2D eigenvalue weighted by molar-refractivity contribution is 7.90. The average Bonchev–Trinajstić information content (AvgIpc) is 2.80. The van der Waals surface area contributed by atoms with Gasteiger partial charge in [0.2, 0.25) is 11.9 Å². The van der Waals surface area contributed by atoms with Crippen molar-refractivity contribution >= 4 is 44.3 Å². The molecule has 0 heterocycles. The van der Waals surface area contributed by atoms with E-state index < -0.39 is 22.0 Å². The maximum absolute atomic E-state index is 13.0. The van der Waals surface area contributed by atoms with E-state index in [-0.39, 0.29) is 29.8 Å². The second kappa shape index (κ2) is 12.4. The third-order valence-electron chi connectivity index (χ3n) is 5.54. The quantitative estimate of drug-likeness (QED) is 0.163. The van der Waals surface area contributed by atoms with E-state index in [1.807, 2.05) is 31.1 Å². The Morgan fingerprint density at radius 3 is 2.37 bits per heavy atom. The monoisotopic (exact) mass is 506 g/mol. The lowest BCUT2D eigenvalue weighted by atomic mass is 10.1. The van der Waals surface area contributed by atoms with Gasteiger partial charge in [-0.25, -0.2) is 13.1 Å². The number of nitrogens with two attached hydrogens (primary N) is 2. The molecule has 192 valence electrons. The van der Waals surface area contributed by atoms with Gasteiger partial charge in [-0.05, 0) is 32.0 Å². The van der Waals surface area contributed by atoms with Crippen LogP contribution < -0.4 is 21.1 Å². The van der Waals surface area contributed by atoms with Gasteiger partial charge in [-0.1, -0.05) is 24.3 Å². The van der Waals surface area contributed by atoms with Gasteiger partial charge in [0.15, 0.2) is 0 Å². The molecule has 2 aromatic rings.